The Morgan fingerprint density at radius 3 is 2.67 bits per heavy atom. The molecule has 0 atom stereocenters. The van der Waals surface area contributed by atoms with E-state index in [-0.39, 0.29) is 5.91 Å². The normalized spacial score (nSPS) is 13.8. The van der Waals surface area contributed by atoms with Gasteiger partial charge in [-0.3, -0.25) is 9.69 Å². The van der Waals surface area contributed by atoms with Crippen molar-refractivity contribution in [2.75, 3.05) is 12.0 Å². The van der Waals surface area contributed by atoms with Gasteiger partial charge < -0.3 is 4.74 Å². The SMILES string of the molecule is COc1ccccc1CC(=O)N(c1ccccn1)C1CC1. The molecule has 0 spiro atoms. The molecule has 1 aliphatic rings. The fraction of sp³-hybridized carbons (Fsp3) is 0.294. The van der Waals surface area contributed by atoms with Gasteiger partial charge in [-0.25, -0.2) is 4.98 Å². The van der Waals surface area contributed by atoms with Crippen molar-refractivity contribution in [2.45, 2.75) is 25.3 Å². The number of carbonyl (C=O) groups is 1. The molecule has 3 rings (SSSR count). The van der Waals surface area contributed by atoms with Gasteiger partial charge in [-0.2, -0.15) is 0 Å². The van der Waals surface area contributed by atoms with Crippen LogP contribution in [0.15, 0.2) is 48.7 Å². The van der Waals surface area contributed by atoms with Gasteiger partial charge in [-0.1, -0.05) is 24.3 Å². The van der Waals surface area contributed by atoms with Crippen molar-refractivity contribution in [1.29, 1.82) is 0 Å². The van der Waals surface area contributed by atoms with Crippen molar-refractivity contribution in [1.82, 2.24) is 4.98 Å². The van der Waals surface area contributed by atoms with Crippen LogP contribution in [0.1, 0.15) is 18.4 Å². The van der Waals surface area contributed by atoms with Gasteiger partial charge in [-0.05, 0) is 31.0 Å². The highest BCUT2D eigenvalue weighted by Crippen LogP contribution is 2.31. The highest BCUT2D eigenvalue weighted by molar-refractivity contribution is 5.95. The van der Waals surface area contributed by atoms with Crippen LogP contribution in [0, 0.1) is 0 Å². The van der Waals surface area contributed by atoms with E-state index in [1.54, 1.807) is 13.3 Å². The predicted molar refractivity (Wildman–Crippen MR) is 81.4 cm³/mol. The maximum atomic E-state index is 12.7. The monoisotopic (exact) mass is 282 g/mol. The second-order valence-corrected chi connectivity index (χ2v) is 5.17. The molecule has 1 aromatic heterocycles. The average molecular weight is 282 g/mol. The molecule has 0 bridgehead atoms. The number of ether oxygens (including phenoxy) is 1. The molecule has 4 nitrogen and oxygen atoms in total. The van der Waals surface area contributed by atoms with E-state index in [1.807, 2.05) is 47.4 Å². The van der Waals surface area contributed by atoms with E-state index in [0.717, 1.165) is 30.0 Å². The smallest absolute Gasteiger partial charge is 0.232 e. The van der Waals surface area contributed by atoms with Gasteiger partial charge in [0.2, 0.25) is 5.91 Å². The van der Waals surface area contributed by atoms with Crippen LogP contribution >= 0.6 is 0 Å². The van der Waals surface area contributed by atoms with Crippen LogP contribution in [0.3, 0.4) is 0 Å². The van der Waals surface area contributed by atoms with Crippen molar-refractivity contribution >= 4 is 11.7 Å². The summed E-state index contributed by atoms with van der Waals surface area (Å²) in [5, 5.41) is 0. The lowest BCUT2D eigenvalue weighted by atomic mass is 10.1. The minimum absolute atomic E-state index is 0.0701. The first-order valence-electron chi connectivity index (χ1n) is 7.14. The quantitative estimate of drug-likeness (QED) is 0.847. The Hall–Kier alpha value is -2.36. The molecule has 2 aromatic rings. The Labute approximate surface area is 124 Å². The van der Waals surface area contributed by atoms with Crippen LogP contribution in [0.25, 0.3) is 0 Å². The Morgan fingerprint density at radius 1 is 1.24 bits per heavy atom. The molecular weight excluding hydrogens is 264 g/mol. The summed E-state index contributed by atoms with van der Waals surface area (Å²) in [6.07, 6.45) is 4.15. The number of benzene rings is 1. The summed E-state index contributed by atoms with van der Waals surface area (Å²) in [6.45, 7) is 0. The third-order valence-electron chi connectivity index (χ3n) is 3.61. The number of aromatic nitrogens is 1. The Kier molecular flexibility index (Phi) is 3.86. The Bertz CT molecular complexity index is 624. The van der Waals surface area contributed by atoms with Gasteiger partial charge in [-0.15, -0.1) is 0 Å². The number of methoxy groups -OCH3 is 1. The number of anilines is 1. The molecule has 1 heterocycles. The minimum Gasteiger partial charge on any atom is -0.496 e. The molecule has 0 unspecified atom stereocenters. The van der Waals surface area contributed by atoms with Crippen molar-refractivity contribution in [3.63, 3.8) is 0 Å². The summed E-state index contributed by atoms with van der Waals surface area (Å²) in [7, 11) is 1.63. The van der Waals surface area contributed by atoms with Crippen LogP contribution in [0.2, 0.25) is 0 Å². The molecule has 1 fully saturated rings. The minimum atomic E-state index is 0.0701. The molecule has 0 radical (unpaired) electrons. The lowest BCUT2D eigenvalue weighted by molar-refractivity contribution is -0.118. The number of para-hydroxylation sites is 1. The van der Waals surface area contributed by atoms with Crippen molar-refractivity contribution in [3.05, 3.63) is 54.2 Å². The zero-order chi connectivity index (χ0) is 14.7. The molecule has 21 heavy (non-hydrogen) atoms. The predicted octanol–water partition coefficient (Wildman–Crippen LogP) is 2.83. The number of nitrogens with zero attached hydrogens (tertiary/aromatic N) is 2. The topological polar surface area (TPSA) is 42.4 Å². The van der Waals surface area contributed by atoms with Gasteiger partial charge in [0.15, 0.2) is 0 Å². The second kappa shape index (κ2) is 5.95. The molecule has 1 amide bonds. The van der Waals surface area contributed by atoms with Gasteiger partial charge in [0.05, 0.1) is 13.5 Å². The van der Waals surface area contributed by atoms with Crippen LogP contribution in [-0.2, 0) is 11.2 Å². The lowest BCUT2D eigenvalue weighted by Crippen LogP contribution is -2.35. The third-order valence-corrected chi connectivity index (χ3v) is 3.61. The first-order valence-corrected chi connectivity index (χ1v) is 7.14. The zero-order valence-electron chi connectivity index (χ0n) is 12.0. The van der Waals surface area contributed by atoms with E-state index < -0.39 is 0 Å². The van der Waals surface area contributed by atoms with Crippen LogP contribution in [-0.4, -0.2) is 24.0 Å². The van der Waals surface area contributed by atoms with Gasteiger partial charge in [0.1, 0.15) is 11.6 Å². The molecule has 1 aliphatic carbocycles. The summed E-state index contributed by atoms with van der Waals surface area (Å²) in [5.41, 5.74) is 0.909. The molecular formula is C17H18N2O2. The number of hydrogen-bond donors (Lipinski definition) is 0. The average Bonchev–Trinajstić information content (AvgIpc) is 3.34. The van der Waals surface area contributed by atoms with Crippen molar-refractivity contribution in [3.8, 4) is 5.75 Å². The first-order chi connectivity index (χ1) is 10.3. The number of amides is 1. The van der Waals surface area contributed by atoms with Gasteiger partial charge in [0, 0.05) is 17.8 Å². The fourth-order valence-corrected chi connectivity index (χ4v) is 2.44. The van der Waals surface area contributed by atoms with E-state index in [4.69, 9.17) is 4.74 Å². The highest BCUT2D eigenvalue weighted by atomic mass is 16.5. The summed E-state index contributed by atoms with van der Waals surface area (Å²) in [6, 6.07) is 13.6. The van der Waals surface area contributed by atoms with Crippen molar-refractivity contribution < 1.29 is 9.53 Å². The number of carbonyl (C=O) groups excluding carboxylic acids is 1. The number of hydrogen-bond acceptors (Lipinski definition) is 3. The highest BCUT2D eigenvalue weighted by Gasteiger charge is 2.34. The number of rotatable bonds is 5. The van der Waals surface area contributed by atoms with Crippen LogP contribution in [0.4, 0.5) is 5.82 Å². The van der Waals surface area contributed by atoms with E-state index in [2.05, 4.69) is 4.98 Å². The summed E-state index contributed by atoms with van der Waals surface area (Å²) < 4.78 is 5.32. The zero-order valence-corrected chi connectivity index (χ0v) is 12.0. The summed E-state index contributed by atoms with van der Waals surface area (Å²) in [4.78, 5) is 18.8. The second-order valence-electron chi connectivity index (χ2n) is 5.17. The van der Waals surface area contributed by atoms with E-state index >= 15 is 0 Å². The third kappa shape index (κ3) is 3.05. The molecule has 1 saturated carbocycles. The largest absolute Gasteiger partial charge is 0.496 e. The first kappa shape index (κ1) is 13.6. The van der Waals surface area contributed by atoms with E-state index in [0.29, 0.717) is 12.5 Å². The molecule has 108 valence electrons. The standard InChI is InChI=1S/C17H18N2O2/c1-21-15-7-3-2-6-13(15)12-17(20)19(14-9-10-14)16-8-4-5-11-18-16/h2-8,11,14H,9-10,12H2,1H3. The molecule has 0 aliphatic heterocycles. The number of pyridine rings is 1. The maximum absolute atomic E-state index is 12.7. The summed E-state index contributed by atoms with van der Waals surface area (Å²) >= 11 is 0. The Balaban J connectivity index is 1.82. The molecule has 4 heteroatoms. The molecule has 1 aromatic carbocycles. The summed E-state index contributed by atoms with van der Waals surface area (Å²) in [5.74, 6) is 1.56. The Morgan fingerprint density at radius 2 is 2.00 bits per heavy atom. The molecule has 0 saturated heterocycles. The van der Waals surface area contributed by atoms with Crippen molar-refractivity contribution in [2.24, 2.45) is 0 Å². The van der Waals surface area contributed by atoms with E-state index in [1.165, 1.54) is 0 Å². The van der Waals surface area contributed by atoms with Crippen LogP contribution < -0.4 is 9.64 Å². The maximum Gasteiger partial charge on any atom is 0.232 e. The van der Waals surface area contributed by atoms with Crippen LogP contribution in [0.5, 0.6) is 5.75 Å². The van der Waals surface area contributed by atoms with Gasteiger partial charge in [0.25, 0.3) is 0 Å². The lowest BCUT2D eigenvalue weighted by Gasteiger charge is -2.21. The van der Waals surface area contributed by atoms with Gasteiger partial charge >= 0.3 is 0 Å². The fourth-order valence-electron chi connectivity index (χ4n) is 2.44. The molecule has 0 N–H and O–H groups in total. The van der Waals surface area contributed by atoms with E-state index in [9.17, 15) is 4.79 Å².